The van der Waals surface area contributed by atoms with Crippen LogP contribution in [0.4, 0.5) is 15.3 Å². The van der Waals surface area contributed by atoms with Gasteiger partial charge in [0.05, 0.1) is 51.8 Å². The first kappa shape index (κ1) is 48.8. The first-order chi connectivity index (χ1) is 32.4. The first-order valence-corrected chi connectivity index (χ1v) is 23.2. The zero-order chi connectivity index (χ0) is 47.7. The normalized spacial score (nSPS) is 22.4. The lowest BCUT2D eigenvalue weighted by Gasteiger charge is -2.60. The summed E-state index contributed by atoms with van der Waals surface area (Å²) >= 11 is 0. The van der Waals surface area contributed by atoms with Crippen LogP contribution in [-0.2, 0) is 20.9 Å². The van der Waals surface area contributed by atoms with Crippen LogP contribution < -0.4 is 24.3 Å². The van der Waals surface area contributed by atoms with Gasteiger partial charge in [0.25, 0.3) is 0 Å². The van der Waals surface area contributed by atoms with Gasteiger partial charge in [-0.15, -0.1) is 6.58 Å². The molecule has 1 aliphatic heterocycles. The van der Waals surface area contributed by atoms with Gasteiger partial charge in [0, 0.05) is 37.2 Å². The van der Waals surface area contributed by atoms with Gasteiger partial charge in [-0.3, -0.25) is 10.2 Å². The number of aliphatic hydroxyl groups excluding tert-OH is 2. The summed E-state index contributed by atoms with van der Waals surface area (Å²) in [5.74, 6) is -0.825. The molecule has 0 spiro atoms. The van der Waals surface area contributed by atoms with E-state index < -0.39 is 35.5 Å². The van der Waals surface area contributed by atoms with E-state index >= 15 is 0 Å². The van der Waals surface area contributed by atoms with Crippen LogP contribution in [0.3, 0.4) is 0 Å². The number of carbonyl (C=O) groups excluding carboxylic acids is 2. The van der Waals surface area contributed by atoms with E-state index in [1.807, 2.05) is 69.3 Å². The number of hydrogen-bond donors (Lipinski definition) is 3. The van der Waals surface area contributed by atoms with E-state index in [0.29, 0.717) is 41.5 Å². The quantitative estimate of drug-likeness (QED) is 0.0465. The van der Waals surface area contributed by atoms with E-state index in [9.17, 15) is 19.8 Å². The molecule has 14 nitrogen and oxygen atoms in total. The SMILES string of the molecule is C=CCOC12Oc3ccc(OC(=O)Nc4ccc(OC)cc4OC)cc3C3C(CCCCO)C(CCCCO)C=C(C(=NOC(C)(C)C)CC1N(Cc1cccc4ccccc14)C(=O)OC)C32. The molecular weight excluding hydrogens is 855 g/mol. The van der Waals surface area contributed by atoms with Gasteiger partial charge in [-0.2, -0.15) is 0 Å². The van der Waals surface area contributed by atoms with Gasteiger partial charge in [0.2, 0.25) is 5.79 Å². The smallest absolute Gasteiger partial charge is 0.417 e. The number of benzene rings is 4. The molecule has 4 aromatic rings. The van der Waals surface area contributed by atoms with Crippen molar-refractivity contribution >= 4 is 34.4 Å². The van der Waals surface area contributed by atoms with Gasteiger partial charge in [0.15, 0.2) is 0 Å². The minimum atomic E-state index is -1.53. The average molecular weight is 920 g/mol. The molecule has 0 saturated heterocycles. The van der Waals surface area contributed by atoms with Gasteiger partial charge in [-0.1, -0.05) is 72.6 Å². The lowest BCUT2D eigenvalue weighted by molar-refractivity contribution is -0.256. The molecule has 2 amide bonds. The number of oxime groups is 1. The Kier molecular flexibility index (Phi) is 15.8. The number of nitrogens with one attached hydrogen (secondary N) is 1. The number of ether oxygens (including phenoxy) is 6. The summed E-state index contributed by atoms with van der Waals surface area (Å²) in [6.07, 6.45) is 7.07. The Labute approximate surface area is 393 Å². The van der Waals surface area contributed by atoms with Crippen LogP contribution in [0.15, 0.2) is 108 Å². The van der Waals surface area contributed by atoms with E-state index in [0.717, 1.165) is 53.2 Å². The third kappa shape index (κ3) is 10.7. The second-order valence-electron chi connectivity index (χ2n) is 18.3. The van der Waals surface area contributed by atoms with E-state index in [1.165, 1.54) is 14.2 Å². The molecule has 2 aliphatic carbocycles. The van der Waals surface area contributed by atoms with E-state index in [-0.39, 0.29) is 56.3 Å². The van der Waals surface area contributed by atoms with Gasteiger partial charge >= 0.3 is 12.2 Å². The maximum Gasteiger partial charge on any atom is 0.417 e. The fourth-order valence-corrected chi connectivity index (χ4v) is 10.1. The summed E-state index contributed by atoms with van der Waals surface area (Å²) in [7, 11) is 4.43. The zero-order valence-electron chi connectivity index (χ0n) is 39.5. The Morgan fingerprint density at radius 1 is 0.925 bits per heavy atom. The molecule has 6 unspecified atom stereocenters. The standard InChI is InChI=1S/C53H65N3O11/c1-8-28-64-53-47(56(51(60)63-7)33-36-19-15-18-34-16-9-10-20-39(34)36)32-44(55-67-52(2,3)4)41-29-35(17-11-13-26-57)40(21-12-14-27-58)48(49(41)53)42-30-38(23-25-45(42)66-53)65-50(59)54-43-24-22-37(61-5)31-46(43)62-6/h8-10,15-16,18-20,22-25,29-31,35,40,47-49,57-58H,1,11-14,17,21,26-28,32-33H2,2-7H3,(H,54,59). The molecule has 358 valence electrons. The second-order valence-corrected chi connectivity index (χ2v) is 18.3. The molecule has 0 bridgehead atoms. The van der Waals surface area contributed by atoms with Crippen molar-refractivity contribution in [3.8, 4) is 23.0 Å². The van der Waals surface area contributed by atoms with Crippen LogP contribution in [0.1, 0.15) is 82.8 Å². The predicted molar refractivity (Wildman–Crippen MR) is 257 cm³/mol. The third-order valence-electron chi connectivity index (χ3n) is 12.9. The van der Waals surface area contributed by atoms with Gasteiger partial charge in [-0.25, -0.2) is 9.59 Å². The number of anilines is 1. The van der Waals surface area contributed by atoms with Crippen LogP contribution in [0.25, 0.3) is 10.8 Å². The summed E-state index contributed by atoms with van der Waals surface area (Å²) in [4.78, 5) is 36.1. The topological polar surface area (TPSA) is 167 Å². The van der Waals surface area contributed by atoms with Crippen molar-refractivity contribution in [2.24, 2.45) is 22.9 Å². The molecule has 67 heavy (non-hydrogen) atoms. The predicted octanol–water partition coefficient (Wildman–Crippen LogP) is 10.2. The van der Waals surface area contributed by atoms with Crippen LogP contribution in [0.2, 0.25) is 0 Å². The summed E-state index contributed by atoms with van der Waals surface area (Å²) in [5, 5.41) is 29.7. The molecule has 0 aromatic heterocycles. The number of fused-ring (bicyclic) bond motifs is 3. The minimum absolute atomic E-state index is 0.0104. The van der Waals surface area contributed by atoms with Crippen molar-refractivity contribution in [3.63, 3.8) is 0 Å². The minimum Gasteiger partial charge on any atom is -0.497 e. The molecular formula is C53H65N3O11. The number of hydrogen-bond acceptors (Lipinski definition) is 12. The van der Waals surface area contributed by atoms with Crippen molar-refractivity contribution < 1.29 is 53.1 Å². The number of aliphatic hydroxyl groups is 2. The second kappa shape index (κ2) is 21.7. The first-order valence-electron chi connectivity index (χ1n) is 23.2. The molecule has 0 radical (unpaired) electrons. The van der Waals surface area contributed by atoms with E-state index in [1.54, 1.807) is 48.4 Å². The number of carbonyl (C=O) groups is 2. The fraction of sp³-hybridized carbons (Fsp3) is 0.453. The molecule has 1 heterocycles. The number of unbranched alkanes of at least 4 members (excludes halogenated alkanes) is 2. The summed E-state index contributed by atoms with van der Waals surface area (Å²) in [6.45, 7) is 10.2. The van der Waals surface area contributed by atoms with Crippen molar-refractivity contribution in [3.05, 3.63) is 114 Å². The maximum atomic E-state index is 14.5. The van der Waals surface area contributed by atoms with Crippen LogP contribution in [0, 0.1) is 17.8 Å². The maximum absolute atomic E-state index is 14.5. The van der Waals surface area contributed by atoms with E-state index in [4.69, 9.17) is 38.4 Å². The molecule has 6 atom stereocenters. The number of nitrogens with zero attached hydrogens (tertiary/aromatic N) is 2. The third-order valence-corrected chi connectivity index (χ3v) is 12.9. The van der Waals surface area contributed by atoms with E-state index in [2.05, 4.69) is 18.0 Å². The van der Waals surface area contributed by atoms with Crippen molar-refractivity contribution in [2.75, 3.05) is 46.5 Å². The van der Waals surface area contributed by atoms with Gasteiger partial charge in [0.1, 0.15) is 34.6 Å². The van der Waals surface area contributed by atoms with Gasteiger partial charge in [-0.05, 0) is 111 Å². The lowest BCUT2D eigenvalue weighted by Crippen LogP contribution is -2.70. The zero-order valence-corrected chi connectivity index (χ0v) is 39.5. The molecule has 1 fully saturated rings. The number of methoxy groups -OCH3 is 3. The highest BCUT2D eigenvalue weighted by molar-refractivity contribution is 6.03. The number of rotatable bonds is 19. The van der Waals surface area contributed by atoms with Crippen molar-refractivity contribution in [1.29, 1.82) is 0 Å². The lowest BCUT2D eigenvalue weighted by atomic mass is 9.55. The highest BCUT2D eigenvalue weighted by Gasteiger charge is 2.65. The molecule has 1 saturated carbocycles. The van der Waals surface area contributed by atoms with Crippen LogP contribution >= 0.6 is 0 Å². The Hall–Kier alpha value is -6.09. The summed E-state index contributed by atoms with van der Waals surface area (Å²) in [5.41, 5.74) is 2.96. The Bertz CT molecular complexity index is 2440. The highest BCUT2D eigenvalue weighted by atomic mass is 16.7. The summed E-state index contributed by atoms with van der Waals surface area (Å²) in [6, 6.07) is 23.6. The van der Waals surface area contributed by atoms with Crippen LogP contribution in [-0.4, -0.2) is 91.6 Å². The fourth-order valence-electron chi connectivity index (χ4n) is 10.1. The Balaban J connectivity index is 1.43. The molecule has 4 aromatic carbocycles. The van der Waals surface area contributed by atoms with Crippen LogP contribution in [0.5, 0.6) is 23.0 Å². The number of amides is 2. The Morgan fingerprint density at radius 3 is 2.39 bits per heavy atom. The largest absolute Gasteiger partial charge is 0.497 e. The molecule has 3 aliphatic rings. The van der Waals surface area contributed by atoms with Crippen molar-refractivity contribution in [2.45, 2.75) is 95.6 Å². The van der Waals surface area contributed by atoms with Gasteiger partial charge < -0.3 is 43.5 Å². The molecule has 7 rings (SSSR count). The van der Waals surface area contributed by atoms with Crippen molar-refractivity contribution in [1.82, 2.24) is 4.90 Å². The summed E-state index contributed by atoms with van der Waals surface area (Å²) < 4.78 is 37.0. The number of allylic oxidation sites excluding steroid dienone is 1. The Morgan fingerprint density at radius 2 is 1.67 bits per heavy atom. The average Bonchev–Trinajstić information content (AvgIpc) is 3.32. The monoisotopic (exact) mass is 919 g/mol. The highest BCUT2D eigenvalue weighted by Crippen LogP contribution is 2.62. The molecule has 3 N–H and O–H groups in total. The molecule has 14 heteroatoms.